The van der Waals surface area contributed by atoms with E-state index in [0.717, 1.165) is 37.4 Å². The Hall–Kier alpha value is -3.06. The van der Waals surface area contributed by atoms with Gasteiger partial charge < -0.3 is 25.6 Å². The highest BCUT2D eigenvalue weighted by Gasteiger charge is 2.20. The number of nitrogens with two attached hydrogens (primary N) is 1. The lowest BCUT2D eigenvalue weighted by Crippen LogP contribution is -2.48. The molecule has 0 aromatic heterocycles. The van der Waals surface area contributed by atoms with Crippen molar-refractivity contribution in [1.29, 1.82) is 0 Å². The van der Waals surface area contributed by atoms with Crippen molar-refractivity contribution in [2.45, 2.75) is 13.0 Å². The molecule has 154 valence electrons. The minimum absolute atomic E-state index is 0.119. The second kappa shape index (κ2) is 10.5. The number of aliphatic imine (C=N–C) groups is 1. The second-order valence-electron chi connectivity index (χ2n) is 6.94. The van der Waals surface area contributed by atoms with Crippen molar-refractivity contribution in [1.82, 2.24) is 4.90 Å². The molecule has 7 nitrogen and oxygen atoms in total. The molecule has 1 fully saturated rings. The number of para-hydroxylation sites is 2. The molecule has 1 heterocycles. The lowest BCUT2D eigenvalue weighted by atomic mass is 10.2. The third-order valence-electron chi connectivity index (χ3n) is 4.94. The average molecular weight is 396 g/mol. The lowest BCUT2D eigenvalue weighted by molar-refractivity contribution is -0.131. The zero-order valence-corrected chi connectivity index (χ0v) is 16.9. The monoisotopic (exact) mass is 395 g/mol. The van der Waals surface area contributed by atoms with E-state index in [4.69, 9.17) is 10.5 Å². The summed E-state index contributed by atoms with van der Waals surface area (Å²) in [7, 11) is 1.65. The van der Waals surface area contributed by atoms with E-state index in [-0.39, 0.29) is 5.91 Å². The van der Waals surface area contributed by atoms with Crippen LogP contribution in [0.5, 0.6) is 0 Å². The predicted molar refractivity (Wildman–Crippen MR) is 117 cm³/mol. The minimum Gasteiger partial charge on any atom is -0.380 e. The molecule has 2 aromatic carbocycles. The van der Waals surface area contributed by atoms with Gasteiger partial charge >= 0.3 is 0 Å². The van der Waals surface area contributed by atoms with Gasteiger partial charge in [-0.1, -0.05) is 36.4 Å². The van der Waals surface area contributed by atoms with Crippen LogP contribution >= 0.6 is 0 Å². The SMILES string of the molecule is COCc1ccccc1NC(N)=NCCC(=O)N1CCN(c2ccccc2)CC1. The van der Waals surface area contributed by atoms with Crippen molar-refractivity contribution in [2.75, 3.05) is 50.1 Å². The molecule has 1 aliphatic rings. The van der Waals surface area contributed by atoms with Crippen molar-refractivity contribution in [3.63, 3.8) is 0 Å². The standard InChI is InChI=1S/C22H29N5O2/c1-29-17-18-7-5-6-10-20(18)25-22(23)24-12-11-21(28)27-15-13-26(14-16-27)19-8-3-2-4-9-19/h2-10H,11-17H2,1H3,(H3,23,24,25). The van der Waals surface area contributed by atoms with E-state index in [1.165, 1.54) is 5.69 Å². The topological polar surface area (TPSA) is 83.2 Å². The van der Waals surface area contributed by atoms with Gasteiger partial charge in [0.2, 0.25) is 5.91 Å². The summed E-state index contributed by atoms with van der Waals surface area (Å²) in [6.07, 6.45) is 0.355. The second-order valence-corrected chi connectivity index (χ2v) is 6.94. The van der Waals surface area contributed by atoms with E-state index >= 15 is 0 Å². The van der Waals surface area contributed by atoms with Crippen LogP contribution in [0.4, 0.5) is 11.4 Å². The molecule has 2 aromatic rings. The van der Waals surface area contributed by atoms with Crippen molar-refractivity contribution >= 4 is 23.2 Å². The largest absolute Gasteiger partial charge is 0.380 e. The Bertz CT molecular complexity index is 817. The van der Waals surface area contributed by atoms with Gasteiger partial charge in [-0.25, -0.2) is 0 Å². The molecule has 1 saturated heterocycles. The van der Waals surface area contributed by atoms with Gasteiger partial charge in [0.1, 0.15) is 0 Å². The fraction of sp³-hybridized carbons (Fsp3) is 0.364. The minimum atomic E-state index is 0.119. The molecular weight excluding hydrogens is 366 g/mol. The van der Waals surface area contributed by atoms with Crippen LogP contribution in [0, 0.1) is 0 Å². The Labute approximate surface area is 172 Å². The summed E-state index contributed by atoms with van der Waals surface area (Å²) in [6.45, 7) is 4.01. The van der Waals surface area contributed by atoms with E-state index in [9.17, 15) is 4.79 Å². The third kappa shape index (κ3) is 5.96. The first-order chi connectivity index (χ1) is 14.2. The first-order valence-electron chi connectivity index (χ1n) is 9.89. The number of piperazine rings is 1. The maximum absolute atomic E-state index is 12.5. The molecule has 0 atom stereocenters. The number of hydrogen-bond donors (Lipinski definition) is 2. The highest BCUT2D eigenvalue weighted by molar-refractivity contribution is 5.93. The molecule has 0 aliphatic carbocycles. The van der Waals surface area contributed by atoms with Crippen LogP contribution in [0.25, 0.3) is 0 Å². The van der Waals surface area contributed by atoms with Gasteiger partial charge in [-0.05, 0) is 18.2 Å². The van der Waals surface area contributed by atoms with Crippen LogP contribution in [0.1, 0.15) is 12.0 Å². The molecule has 3 rings (SSSR count). The number of benzene rings is 2. The van der Waals surface area contributed by atoms with Crippen molar-refractivity contribution < 1.29 is 9.53 Å². The molecule has 0 spiro atoms. The summed E-state index contributed by atoms with van der Waals surface area (Å²) >= 11 is 0. The van der Waals surface area contributed by atoms with Crippen molar-refractivity contribution in [3.05, 3.63) is 60.2 Å². The summed E-state index contributed by atoms with van der Waals surface area (Å²) in [4.78, 5) is 21.0. The first kappa shape index (κ1) is 20.7. The van der Waals surface area contributed by atoms with Crippen LogP contribution in [0.3, 0.4) is 0 Å². The maximum Gasteiger partial charge on any atom is 0.224 e. The van der Waals surface area contributed by atoms with E-state index in [0.29, 0.717) is 25.5 Å². The highest BCUT2D eigenvalue weighted by atomic mass is 16.5. The third-order valence-corrected chi connectivity index (χ3v) is 4.94. The van der Waals surface area contributed by atoms with Gasteiger partial charge in [0, 0.05) is 56.6 Å². The number of methoxy groups -OCH3 is 1. The smallest absolute Gasteiger partial charge is 0.224 e. The molecule has 29 heavy (non-hydrogen) atoms. The molecule has 0 radical (unpaired) electrons. The Morgan fingerprint density at radius 1 is 1.07 bits per heavy atom. The Kier molecular flexibility index (Phi) is 7.47. The van der Waals surface area contributed by atoms with Gasteiger partial charge in [-0.2, -0.15) is 0 Å². The molecule has 0 bridgehead atoms. The molecule has 3 N–H and O–H groups in total. The summed E-state index contributed by atoms with van der Waals surface area (Å²) in [5.74, 6) is 0.421. The van der Waals surface area contributed by atoms with E-state index < -0.39 is 0 Å². The number of anilines is 2. The number of nitrogens with one attached hydrogen (secondary N) is 1. The zero-order valence-electron chi connectivity index (χ0n) is 16.9. The fourth-order valence-corrected chi connectivity index (χ4v) is 3.38. The predicted octanol–water partition coefficient (Wildman–Crippen LogP) is 2.30. The van der Waals surface area contributed by atoms with Gasteiger partial charge in [-0.15, -0.1) is 0 Å². The average Bonchev–Trinajstić information content (AvgIpc) is 2.76. The number of nitrogens with zero attached hydrogens (tertiary/aromatic N) is 3. The molecular formula is C22H29N5O2. The summed E-state index contributed by atoms with van der Waals surface area (Å²) in [6, 6.07) is 18.1. The van der Waals surface area contributed by atoms with Gasteiger partial charge in [-0.3, -0.25) is 9.79 Å². The quantitative estimate of drug-likeness (QED) is 0.555. The van der Waals surface area contributed by atoms with Crippen LogP contribution in [0.15, 0.2) is 59.6 Å². The highest BCUT2D eigenvalue weighted by Crippen LogP contribution is 2.16. The zero-order chi connectivity index (χ0) is 20.5. The molecule has 0 unspecified atom stereocenters. The number of carbonyl (C=O) groups is 1. The first-order valence-corrected chi connectivity index (χ1v) is 9.89. The Morgan fingerprint density at radius 2 is 1.76 bits per heavy atom. The van der Waals surface area contributed by atoms with Crippen LogP contribution < -0.4 is 16.0 Å². The van der Waals surface area contributed by atoms with E-state index in [1.54, 1.807) is 7.11 Å². The number of hydrogen-bond acceptors (Lipinski definition) is 4. The van der Waals surface area contributed by atoms with Gasteiger partial charge in [0.25, 0.3) is 0 Å². The number of amides is 1. The summed E-state index contributed by atoms with van der Waals surface area (Å²) < 4.78 is 5.19. The van der Waals surface area contributed by atoms with E-state index in [2.05, 4.69) is 27.3 Å². The number of carbonyl (C=O) groups excluding carboxylic acids is 1. The number of ether oxygens (including phenoxy) is 1. The van der Waals surface area contributed by atoms with Crippen LogP contribution in [0.2, 0.25) is 0 Å². The molecule has 1 amide bonds. The molecule has 1 aliphatic heterocycles. The Balaban J connectivity index is 1.44. The van der Waals surface area contributed by atoms with Crippen molar-refractivity contribution in [3.8, 4) is 0 Å². The maximum atomic E-state index is 12.5. The molecule has 7 heteroatoms. The molecule has 0 saturated carbocycles. The van der Waals surface area contributed by atoms with Crippen LogP contribution in [-0.4, -0.2) is 56.6 Å². The van der Waals surface area contributed by atoms with Crippen LogP contribution in [-0.2, 0) is 16.1 Å². The summed E-state index contributed by atoms with van der Waals surface area (Å²) in [5.41, 5.74) is 9.05. The number of guanidine groups is 1. The fourth-order valence-electron chi connectivity index (χ4n) is 3.38. The normalized spacial score (nSPS) is 14.7. The van der Waals surface area contributed by atoms with Crippen molar-refractivity contribution in [2.24, 2.45) is 10.7 Å². The van der Waals surface area contributed by atoms with Gasteiger partial charge in [0.05, 0.1) is 13.2 Å². The lowest BCUT2D eigenvalue weighted by Gasteiger charge is -2.36. The Morgan fingerprint density at radius 3 is 2.48 bits per heavy atom. The summed E-state index contributed by atoms with van der Waals surface area (Å²) in [5, 5.41) is 3.09. The van der Waals surface area contributed by atoms with E-state index in [1.807, 2.05) is 47.4 Å². The van der Waals surface area contributed by atoms with Gasteiger partial charge in [0.15, 0.2) is 5.96 Å². The number of rotatable bonds is 7.